The van der Waals surface area contributed by atoms with Gasteiger partial charge in [0.25, 0.3) is 5.91 Å². The minimum atomic E-state index is -0.385. The molecule has 1 amide bonds. The van der Waals surface area contributed by atoms with Gasteiger partial charge in [-0.2, -0.15) is 0 Å². The first-order chi connectivity index (χ1) is 11.5. The van der Waals surface area contributed by atoms with Gasteiger partial charge < -0.3 is 10.6 Å². The first-order valence-corrected chi connectivity index (χ1v) is 9.08. The lowest BCUT2D eigenvalue weighted by Crippen LogP contribution is -2.34. The second-order valence-electron chi connectivity index (χ2n) is 6.33. The molecule has 1 aliphatic rings. The molecule has 1 aromatic carbocycles. The third-order valence-electron chi connectivity index (χ3n) is 4.58. The highest BCUT2D eigenvalue weighted by atomic mass is 32.1. The first kappa shape index (κ1) is 17.0. The van der Waals surface area contributed by atoms with E-state index < -0.39 is 0 Å². The fourth-order valence-corrected chi connectivity index (χ4v) is 4.29. The zero-order valence-electron chi connectivity index (χ0n) is 13.8. The first-order valence-electron chi connectivity index (χ1n) is 8.27. The van der Waals surface area contributed by atoms with Gasteiger partial charge >= 0.3 is 0 Å². The molecular formula is C18H22FN3OS. The van der Waals surface area contributed by atoms with Crippen molar-refractivity contribution in [3.8, 4) is 0 Å². The number of rotatable bonds is 5. The van der Waals surface area contributed by atoms with E-state index in [1.165, 1.54) is 17.4 Å². The highest BCUT2D eigenvalue weighted by Gasteiger charge is 2.24. The second-order valence-corrected chi connectivity index (χ2v) is 7.36. The number of hydrogen-bond acceptors (Lipinski definition) is 4. The molecular weight excluding hydrogens is 325 g/mol. The van der Waals surface area contributed by atoms with Gasteiger partial charge in [-0.1, -0.05) is 12.1 Å². The van der Waals surface area contributed by atoms with Crippen LogP contribution in [0.1, 0.15) is 44.7 Å². The quantitative estimate of drug-likeness (QED) is 0.904. The van der Waals surface area contributed by atoms with E-state index in [0.717, 1.165) is 55.2 Å². The van der Waals surface area contributed by atoms with Crippen molar-refractivity contribution in [2.24, 2.45) is 5.73 Å². The third-order valence-corrected chi connectivity index (χ3v) is 5.91. The molecule has 3 rings (SSSR count). The minimum absolute atomic E-state index is 0.171. The summed E-state index contributed by atoms with van der Waals surface area (Å²) < 4.78 is 13.2. The molecule has 2 N–H and O–H groups in total. The highest BCUT2D eigenvalue weighted by molar-refractivity contribution is 7.13. The second kappa shape index (κ2) is 7.40. The zero-order chi connectivity index (χ0) is 17.1. The van der Waals surface area contributed by atoms with Crippen LogP contribution in [-0.4, -0.2) is 35.4 Å². The summed E-state index contributed by atoms with van der Waals surface area (Å²) >= 11 is 1.44. The summed E-state index contributed by atoms with van der Waals surface area (Å²) in [4.78, 5) is 18.9. The molecule has 6 heteroatoms. The lowest BCUT2D eigenvalue weighted by Gasteiger charge is -2.31. The Morgan fingerprint density at radius 3 is 2.79 bits per heavy atom. The van der Waals surface area contributed by atoms with E-state index in [-0.39, 0.29) is 11.7 Å². The normalized spacial score (nSPS) is 16.4. The van der Waals surface area contributed by atoms with E-state index in [1.54, 1.807) is 12.1 Å². The van der Waals surface area contributed by atoms with Gasteiger partial charge in [-0.3, -0.25) is 4.79 Å². The molecule has 1 fully saturated rings. The summed E-state index contributed by atoms with van der Waals surface area (Å²) in [7, 11) is 0. The van der Waals surface area contributed by atoms with Crippen molar-refractivity contribution in [1.29, 1.82) is 0 Å². The molecule has 0 atom stereocenters. The molecule has 1 aliphatic heterocycles. The standard InChI is InChI=1S/C18H22FN3OS/c1-12-16(17(20)23)24-18(21-12)14-6-9-22(10-7-14)8-5-13-3-2-4-15(19)11-13/h2-4,11,14H,5-10H2,1H3,(H2,20,23). The molecule has 0 spiro atoms. The lowest BCUT2D eigenvalue weighted by atomic mass is 9.97. The number of likely N-dealkylation sites (tertiary alicyclic amines) is 1. The number of thiazole rings is 1. The van der Waals surface area contributed by atoms with Crippen molar-refractivity contribution < 1.29 is 9.18 Å². The molecule has 0 saturated carbocycles. The number of halogens is 1. The Balaban J connectivity index is 1.52. The molecule has 2 heterocycles. The molecule has 2 aromatic rings. The van der Waals surface area contributed by atoms with Gasteiger partial charge in [-0.05, 0) is 57.0 Å². The van der Waals surface area contributed by atoms with Crippen LogP contribution in [0, 0.1) is 12.7 Å². The van der Waals surface area contributed by atoms with Gasteiger partial charge in [0.15, 0.2) is 0 Å². The number of carbonyl (C=O) groups excluding carboxylic acids is 1. The monoisotopic (exact) mass is 347 g/mol. The summed E-state index contributed by atoms with van der Waals surface area (Å²) in [6.45, 7) is 4.79. The van der Waals surface area contributed by atoms with Crippen LogP contribution >= 0.6 is 11.3 Å². The molecule has 1 saturated heterocycles. The number of piperidine rings is 1. The van der Waals surface area contributed by atoms with E-state index in [0.29, 0.717) is 10.8 Å². The Morgan fingerprint density at radius 1 is 1.42 bits per heavy atom. The maximum Gasteiger partial charge on any atom is 0.260 e. The van der Waals surface area contributed by atoms with Crippen LogP contribution in [0.5, 0.6) is 0 Å². The predicted octanol–water partition coefficient (Wildman–Crippen LogP) is 3.11. The molecule has 0 radical (unpaired) electrons. The van der Waals surface area contributed by atoms with Crippen LogP contribution in [0.3, 0.4) is 0 Å². The average molecular weight is 347 g/mol. The average Bonchev–Trinajstić information content (AvgIpc) is 2.96. The van der Waals surface area contributed by atoms with E-state index in [1.807, 2.05) is 13.0 Å². The number of nitrogens with two attached hydrogens (primary N) is 1. The van der Waals surface area contributed by atoms with Crippen LogP contribution in [-0.2, 0) is 6.42 Å². The minimum Gasteiger partial charge on any atom is -0.365 e. The number of primary amides is 1. The van der Waals surface area contributed by atoms with Gasteiger partial charge in [-0.25, -0.2) is 9.37 Å². The van der Waals surface area contributed by atoms with Gasteiger partial charge in [0.1, 0.15) is 10.7 Å². The Hall–Kier alpha value is -1.79. The summed E-state index contributed by atoms with van der Waals surface area (Å²) in [5.41, 5.74) is 7.17. The van der Waals surface area contributed by atoms with Crippen molar-refractivity contribution in [1.82, 2.24) is 9.88 Å². The highest BCUT2D eigenvalue weighted by Crippen LogP contribution is 2.32. The molecule has 0 unspecified atom stereocenters. The van der Waals surface area contributed by atoms with Gasteiger partial charge in [0.05, 0.1) is 10.7 Å². The molecule has 4 nitrogen and oxygen atoms in total. The van der Waals surface area contributed by atoms with E-state index >= 15 is 0 Å². The summed E-state index contributed by atoms with van der Waals surface area (Å²) in [6.07, 6.45) is 2.94. The lowest BCUT2D eigenvalue weighted by molar-refractivity contribution is 0.100. The Kier molecular flexibility index (Phi) is 5.26. The van der Waals surface area contributed by atoms with Crippen LogP contribution in [0.25, 0.3) is 0 Å². The third kappa shape index (κ3) is 3.99. The van der Waals surface area contributed by atoms with E-state index in [2.05, 4.69) is 9.88 Å². The van der Waals surface area contributed by atoms with Gasteiger partial charge in [0.2, 0.25) is 0 Å². The van der Waals surface area contributed by atoms with Crippen molar-refractivity contribution in [3.05, 3.63) is 51.2 Å². The fourth-order valence-electron chi connectivity index (χ4n) is 3.20. The summed E-state index contributed by atoms with van der Waals surface area (Å²) in [5, 5.41) is 1.03. The molecule has 0 bridgehead atoms. The largest absolute Gasteiger partial charge is 0.365 e. The van der Waals surface area contributed by atoms with Crippen LogP contribution in [0.2, 0.25) is 0 Å². The number of amides is 1. The van der Waals surface area contributed by atoms with Crippen LogP contribution in [0.4, 0.5) is 4.39 Å². The number of aryl methyl sites for hydroxylation is 1. The van der Waals surface area contributed by atoms with Gasteiger partial charge in [-0.15, -0.1) is 11.3 Å². The Labute approximate surface area is 145 Å². The summed E-state index contributed by atoms with van der Waals surface area (Å²) in [5.74, 6) is -0.147. The van der Waals surface area contributed by atoms with Crippen molar-refractivity contribution >= 4 is 17.2 Å². The maximum atomic E-state index is 13.2. The smallest absolute Gasteiger partial charge is 0.260 e. The van der Waals surface area contributed by atoms with Crippen molar-refractivity contribution in [2.75, 3.05) is 19.6 Å². The fraction of sp³-hybridized carbons (Fsp3) is 0.444. The van der Waals surface area contributed by atoms with Crippen LogP contribution in [0.15, 0.2) is 24.3 Å². The SMILES string of the molecule is Cc1nc(C2CCN(CCc3cccc(F)c3)CC2)sc1C(N)=O. The Bertz CT molecular complexity index is 723. The van der Waals surface area contributed by atoms with Crippen LogP contribution < -0.4 is 5.73 Å². The maximum absolute atomic E-state index is 13.2. The predicted molar refractivity (Wildman–Crippen MR) is 93.9 cm³/mol. The number of hydrogen-bond donors (Lipinski definition) is 1. The van der Waals surface area contributed by atoms with E-state index in [4.69, 9.17) is 5.73 Å². The number of carbonyl (C=O) groups is 1. The molecule has 0 aliphatic carbocycles. The Morgan fingerprint density at radius 2 is 2.17 bits per heavy atom. The molecule has 1 aromatic heterocycles. The zero-order valence-corrected chi connectivity index (χ0v) is 14.6. The van der Waals surface area contributed by atoms with Crippen molar-refractivity contribution in [2.45, 2.75) is 32.1 Å². The number of aromatic nitrogens is 1. The van der Waals surface area contributed by atoms with Crippen molar-refractivity contribution in [3.63, 3.8) is 0 Å². The molecule has 24 heavy (non-hydrogen) atoms. The molecule has 128 valence electrons. The summed E-state index contributed by atoms with van der Waals surface area (Å²) in [6, 6.07) is 6.82. The van der Waals surface area contributed by atoms with Gasteiger partial charge in [0, 0.05) is 12.5 Å². The van der Waals surface area contributed by atoms with E-state index in [9.17, 15) is 9.18 Å². The topological polar surface area (TPSA) is 59.2 Å². The number of nitrogens with zero attached hydrogens (tertiary/aromatic N) is 2. The number of benzene rings is 1.